The normalized spacial score (nSPS) is 12.6. The Balaban J connectivity index is 1.70. The fraction of sp³-hybridized carbons (Fsp3) is 0.250. The molecule has 0 spiro atoms. The van der Waals surface area contributed by atoms with Gasteiger partial charge in [0.2, 0.25) is 10.0 Å². The fourth-order valence-corrected chi connectivity index (χ4v) is 4.10. The summed E-state index contributed by atoms with van der Waals surface area (Å²) in [6, 6.07) is 9.67. The first-order valence-corrected chi connectivity index (χ1v) is 11.0. The third-order valence-electron chi connectivity index (χ3n) is 4.40. The zero-order valence-corrected chi connectivity index (χ0v) is 17.9. The van der Waals surface area contributed by atoms with E-state index in [0.29, 0.717) is 17.1 Å². The van der Waals surface area contributed by atoms with Crippen molar-refractivity contribution in [2.75, 3.05) is 0 Å². The molecule has 0 amide bonds. The summed E-state index contributed by atoms with van der Waals surface area (Å²) in [7, 11) is -3.66. The van der Waals surface area contributed by atoms with Crippen molar-refractivity contribution >= 4 is 33.2 Å². The maximum atomic E-state index is 12.3. The Morgan fingerprint density at radius 2 is 1.93 bits per heavy atom. The quantitative estimate of drug-likeness (QED) is 0.556. The highest BCUT2D eigenvalue weighted by atomic mass is 35.5. The number of nitrogens with zero attached hydrogens (tertiary/aromatic N) is 2. The molecule has 0 aliphatic rings. The number of rotatable bonds is 7. The van der Waals surface area contributed by atoms with E-state index < -0.39 is 16.0 Å². The second kappa shape index (κ2) is 8.95. The molecule has 0 saturated heterocycles. The smallest absolute Gasteiger partial charge is 0.338 e. The topological polar surface area (TPSA) is 107 Å². The Kier molecular flexibility index (Phi) is 6.55. The number of carbonyl (C=O) groups is 1. The Morgan fingerprint density at radius 1 is 1.23 bits per heavy atom. The van der Waals surface area contributed by atoms with Crippen LogP contribution in [0.2, 0.25) is 5.02 Å². The number of aromatic nitrogens is 2. The molecule has 3 aromatic rings. The van der Waals surface area contributed by atoms with Gasteiger partial charge >= 0.3 is 5.97 Å². The summed E-state index contributed by atoms with van der Waals surface area (Å²) in [6.07, 6.45) is 2.11. The zero-order chi connectivity index (χ0) is 21.9. The second-order valence-electron chi connectivity index (χ2n) is 6.69. The summed E-state index contributed by atoms with van der Waals surface area (Å²) < 4.78 is 33.6. The number of pyridine rings is 1. The van der Waals surface area contributed by atoms with Crippen LogP contribution in [0.25, 0.3) is 5.65 Å². The fourth-order valence-electron chi connectivity index (χ4n) is 2.61. The molecule has 10 heteroatoms. The van der Waals surface area contributed by atoms with Crippen molar-refractivity contribution in [2.45, 2.75) is 37.8 Å². The molecule has 1 aromatic carbocycles. The molecule has 1 unspecified atom stereocenters. The number of ether oxygens (including phenoxy) is 1. The summed E-state index contributed by atoms with van der Waals surface area (Å²) in [6.45, 7) is 3.44. The molecule has 8 nitrogen and oxygen atoms in total. The van der Waals surface area contributed by atoms with Crippen LogP contribution in [0.5, 0.6) is 0 Å². The molecule has 3 rings (SSSR count). The van der Waals surface area contributed by atoms with Gasteiger partial charge in [-0.3, -0.25) is 9.20 Å². The van der Waals surface area contributed by atoms with Gasteiger partial charge in [0.1, 0.15) is 12.3 Å². The minimum Gasteiger partial charge on any atom is -0.456 e. The van der Waals surface area contributed by atoms with Crippen LogP contribution < -0.4 is 10.3 Å². The Morgan fingerprint density at radius 3 is 2.60 bits per heavy atom. The predicted octanol–water partition coefficient (Wildman–Crippen LogP) is 2.78. The van der Waals surface area contributed by atoms with E-state index >= 15 is 0 Å². The number of benzene rings is 1. The molecule has 158 valence electrons. The van der Waals surface area contributed by atoms with Crippen molar-refractivity contribution < 1.29 is 17.9 Å². The number of sulfonamides is 1. The van der Waals surface area contributed by atoms with Gasteiger partial charge < -0.3 is 4.74 Å². The summed E-state index contributed by atoms with van der Waals surface area (Å²) in [5.74, 6) is -0.660. The van der Waals surface area contributed by atoms with Gasteiger partial charge in [-0.05, 0) is 49.7 Å². The molecular formula is C20H20ClN3O5S. The summed E-state index contributed by atoms with van der Waals surface area (Å²) >= 11 is 5.87. The third kappa shape index (κ3) is 5.05. The van der Waals surface area contributed by atoms with Gasteiger partial charge in [-0.2, -0.15) is 0 Å². The maximum absolute atomic E-state index is 12.3. The van der Waals surface area contributed by atoms with Gasteiger partial charge in [-0.25, -0.2) is 22.9 Å². The average Bonchev–Trinajstić information content (AvgIpc) is 2.72. The van der Waals surface area contributed by atoms with Gasteiger partial charge in [0, 0.05) is 18.3 Å². The molecule has 0 radical (unpaired) electrons. The van der Waals surface area contributed by atoms with E-state index in [1.807, 2.05) is 6.92 Å². The molecule has 0 aliphatic carbocycles. The molecule has 0 bridgehead atoms. The highest BCUT2D eigenvalue weighted by Crippen LogP contribution is 2.13. The monoisotopic (exact) mass is 449 g/mol. The van der Waals surface area contributed by atoms with Gasteiger partial charge in [-0.1, -0.05) is 18.5 Å². The van der Waals surface area contributed by atoms with E-state index in [9.17, 15) is 18.0 Å². The lowest BCUT2D eigenvalue weighted by atomic mass is 10.2. The van der Waals surface area contributed by atoms with Gasteiger partial charge in [0.15, 0.2) is 0 Å². The maximum Gasteiger partial charge on any atom is 0.338 e. The molecule has 30 heavy (non-hydrogen) atoms. The van der Waals surface area contributed by atoms with E-state index in [1.165, 1.54) is 40.9 Å². The number of hydrogen-bond acceptors (Lipinski definition) is 6. The molecule has 1 N–H and O–H groups in total. The van der Waals surface area contributed by atoms with Crippen molar-refractivity contribution in [3.05, 3.63) is 75.3 Å². The van der Waals surface area contributed by atoms with Crippen LogP contribution in [0, 0.1) is 0 Å². The minimum absolute atomic E-state index is 0.0576. The largest absolute Gasteiger partial charge is 0.456 e. The van der Waals surface area contributed by atoms with Gasteiger partial charge in [0.25, 0.3) is 5.56 Å². The Labute approximate surface area is 178 Å². The van der Waals surface area contributed by atoms with E-state index in [2.05, 4.69) is 9.71 Å². The van der Waals surface area contributed by atoms with Crippen molar-refractivity contribution in [3.63, 3.8) is 0 Å². The minimum atomic E-state index is -3.66. The Bertz CT molecular complexity index is 1240. The Hall–Kier alpha value is -2.75. The van der Waals surface area contributed by atoms with E-state index in [0.717, 1.165) is 0 Å². The molecular weight excluding hydrogens is 430 g/mol. The first-order valence-electron chi connectivity index (χ1n) is 9.17. The molecule has 2 aromatic heterocycles. The van der Waals surface area contributed by atoms with Crippen LogP contribution in [0.1, 0.15) is 36.3 Å². The highest BCUT2D eigenvalue weighted by molar-refractivity contribution is 7.89. The van der Waals surface area contributed by atoms with Crippen LogP contribution in [-0.2, 0) is 21.4 Å². The number of halogens is 1. The molecule has 0 aliphatic heterocycles. The molecule has 0 saturated carbocycles. The van der Waals surface area contributed by atoms with Crippen LogP contribution in [0.15, 0.2) is 58.4 Å². The van der Waals surface area contributed by atoms with Crippen molar-refractivity contribution in [3.8, 4) is 0 Å². The lowest BCUT2D eigenvalue weighted by Crippen LogP contribution is -2.32. The number of fused-ring (bicyclic) bond motifs is 1. The van der Waals surface area contributed by atoms with Gasteiger partial charge in [0.05, 0.1) is 21.2 Å². The molecule has 1 atom stereocenters. The second-order valence-corrected chi connectivity index (χ2v) is 8.84. The third-order valence-corrected chi connectivity index (χ3v) is 6.23. The van der Waals surface area contributed by atoms with Crippen molar-refractivity contribution in [2.24, 2.45) is 0 Å². The lowest BCUT2D eigenvalue weighted by Gasteiger charge is -2.12. The van der Waals surface area contributed by atoms with E-state index in [4.69, 9.17) is 16.3 Å². The van der Waals surface area contributed by atoms with E-state index in [1.54, 1.807) is 19.1 Å². The summed E-state index contributed by atoms with van der Waals surface area (Å²) in [5.41, 5.74) is 0.493. The number of hydrogen-bond donors (Lipinski definition) is 1. The zero-order valence-electron chi connectivity index (χ0n) is 16.3. The lowest BCUT2D eigenvalue weighted by molar-refractivity contribution is 0.0467. The van der Waals surface area contributed by atoms with Crippen LogP contribution in [-0.4, -0.2) is 29.8 Å². The first-order chi connectivity index (χ1) is 14.2. The van der Waals surface area contributed by atoms with Crippen molar-refractivity contribution in [1.82, 2.24) is 14.1 Å². The number of carbonyl (C=O) groups excluding carboxylic acids is 1. The molecule has 0 fully saturated rings. The predicted molar refractivity (Wildman–Crippen MR) is 112 cm³/mol. The SMILES string of the molecule is CCC(C)NS(=O)(=O)c1ccc(C(=O)OCc2cc(=O)n3cc(Cl)ccc3n2)cc1. The summed E-state index contributed by atoms with van der Waals surface area (Å²) in [5, 5.41) is 0.399. The number of nitrogens with one attached hydrogen (secondary N) is 1. The average molecular weight is 450 g/mol. The highest BCUT2D eigenvalue weighted by Gasteiger charge is 2.17. The molecule has 2 heterocycles. The number of esters is 1. The first kappa shape index (κ1) is 21.9. The van der Waals surface area contributed by atoms with E-state index in [-0.39, 0.29) is 34.4 Å². The van der Waals surface area contributed by atoms with Gasteiger partial charge in [-0.15, -0.1) is 0 Å². The van der Waals surface area contributed by atoms with Crippen LogP contribution in [0.3, 0.4) is 0 Å². The van der Waals surface area contributed by atoms with Crippen LogP contribution in [0.4, 0.5) is 0 Å². The van der Waals surface area contributed by atoms with Crippen LogP contribution >= 0.6 is 11.6 Å². The standard InChI is InChI=1S/C20H20ClN3O5S/c1-3-13(2)23-30(27,28)17-7-4-14(5-8-17)20(26)29-12-16-10-19(25)24-11-15(21)6-9-18(24)22-16/h4-11,13,23H,3,12H2,1-2H3. The summed E-state index contributed by atoms with van der Waals surface area (Å²) in [4.78, 5) is 28.8. The van der Waals surface area contributed by atoms with Crippen molar-refractivity contribution in [1.29, 1.82) is 0 Å².